The van der Waals surface area contributed by atoms with Crippen molar-refractivity contribution < 1.29 is 4.74 Å². The Kier molecular flexibility index (Phi) is 5.06. The summed E-state index contributed by atoms with van der Waals surface area (Å²) >= 11 is 0. The van der Waals surface area contributed by atoms with Gasteiger partial charge in [0.05, 0.1) is 0 Å². The molecule has 1 aliphatic rings. The fourth-order valence-electron chi connectivity index (χ4n) is 7.59. The Bertz CT molecular complexity index is 2670. The van der Waals surface area contributed by atoms with Gasteiger partial charge in [-0.3, -0.25) is 0 Å². The minimum absolute atomic E-state index is 0.898. The van der Waals surface area contributed by atoms with Crippen molar-refractivity contribution in [3.05, 3.63) is 158 Å². The number of fused-ring (bicyclic) bond motifs is 9. The van der Waals surface area contributed by atoms with Gasteiger partial charge in [0.2, 0.25) is 0 Å². The van der Waals surface area contributed by atoms with Gasteiger partial charge >= 0.3 is 0 Å². The van der Waals surface area contributed by atoms with E-state index in [1.165, 1.54) is 76.1 Å². The van der Waals surface area contributed by atoms with Gasteiger partial charge in [0.25, 0.3) is 0 Å². The molecule has 1 heterocycles. The highest BCUT2D eigenvalue weighted by atomic mass is 16.5. The summed E-state index contributed by atoms with van der Waals surface area (Å²) in [6.07, 6.45) is 0. The van der Waals surface area contributed by atoms with Crippen molar-refractivity contribution in [3.8, 4) is 44.9 Å². The van der Waals surface area contributed by atoms with Crippen LogP contribution in [0.25, 0.3) is 87.2 Å². The lowest BCUT2D eigenvalue weighted by Gasteiger charge is -2.24. The number of benzene rings is 9. The molecule has 0 amide bonds. The maximum Gasteiger partial charge on any atom is 0.135 e. The fraction of sp³-hybridized carbons (Fsp3) is 0. The van der Waals surface area contributed by atoms with Gasteiger partial charge < -0.3 is 4.74 Å². The molecule has 1 aliphatic heterocycles. The molecule has 0 unspecified atom stereocenters. The van der Waals surface area contributed by atoms with Crippen molar-refractivity contribution in [1.82, 2.24) is 0 Å². The summed E-state index contributed by atoms with van der Waals surface area (Å²) in [5.41, 5.74) is 7.21. The molecule has 9 aromatic rings. The topological polar surface area (TPSA) is 9.23 Å². The smallest absolute Gasteiger partial charge is 0.135 e. The van der Waals surface area contributed by atoms with Crippen LogP contribution in [0.15, 0.2) is 158 Å². The van der Waals surface area contributed by atoms with Crippen LogP contribution in [0.3, 0.4) is 0 Å². The van der Waals surface area contributed by atoms with Gasteiger partial charge in [-0.1, -0.05) is 121 Å². The molecule has 0 radical (unpaired) electrons. The third-order valence-electron chi connectivity index (χ3n) is 9.62. The van der Waals surface area contributed by atoms with E-state index in [2.05, 4.69) is 158 Å². The lowest BCUT2D eigenvalue weighted by Crippen LogP contribution is -1.98. The standard InChI is InChI=1S/C44H26O/c1-2-11-27(12-3-1)38-25-40-36-19-10-20-42-44(36)41(26-39(40)34-18-9-8-17-33(34)38)35-22-21-29(24-43(35)45-42)37-23-28-13-4-5-14-30(28)31-15-6-7-16-32(31)37/h1-26H. The minimum atomic E-state index is 0.898. The third-order valence-corrected chi connectivity index (χ3v) is 9.62. The lowest BCUT2D eigenvalue weighted by atomic mass is 9.86. The van der Waals surface area contributed by atoms with Crippen molar-refractivity contribution in [1.29, 1.82) is 0 Å². The number of ether oxygens (including phenoxy) is 1. The molecular weight excluding hydrogens is 544 g/mol. The Morgan fingerprint density at radius 3 is 1.69 bits per heavy atom. The number of rotatable bonds is 2. The normalized spacial score (nSPS) is 12.2. The average molecular weight is 571 g/mol. The monoisotopic (exact) mass is 570 g/mol. The highest BCUT2D eigenvalue weighted by Gasteiger charge is 2.24. The van der Waals surface area contributed by atoms with Gasteiger partial charge in [-0.25, -0.2) is 0 Å². The third kappa shape index (κ3) is 3.56. The van der Waals surface area contributed by atoms with Crippen LogP contribution in [0.2, 0.25) is 0 Å². The van der Waals surface area contributed by atoms with Crippen LogP contribution in [-0.4, -0.2) is 0 Å². The van der Waals surface area contributed by atoms with E-state index in [1.54, 1.807) is 0 Å². The van der Waals surface area contributed by atoms with Crippen molar-refractivity contribution in [2.45, 2.75) is 0 Å². The molecule has 208 valence electrons. The minimum Gasteiger partial charge on any atom is -0.456 e. The Morgan fingerprint density at radius 2 is 0.889 bits per heavy atom. The van der Waals surface area contributed by atoms with Crippen LogP contribution in [-0.2, 0) is 0 Å². The molecule has 9 aromatic carbocycles. The highest BCUT2D eigenvalue weighted by molar-refractivity contribution is 6.25. The maximum atomic E-state index is 6.76. The zero-order valence-corrected chi connectivity index (χ0v) is 24.4. The van der Waals surface area contributed by atoms with E-state index in [-0.39, 0.29) is 0 Å². The molecule has 1 nitrogen and oxygen atoms in total. The van der Waals surface area contributed by atoms with Gasteiger partial charge in [-0.05, 0) is 113 Å². The van der Waals surface area contributed by atoms with Crippen LogP contribution < -0.4 is 4.74 Å². The Hall–Kier alpha value is -5.92. The molecule has 0 spiro atoms. The fourth-order valence-corrected chi connectivity index (χ4v) is 7.59. The van der Waals surface area contributed by atoms with Crippen LogP contribution in [0, 0.1) is 0 Å². The van der Waals surface area contributed by atoms with Crippen molar-refractivity contribution in [3.63, 3.8) is 0 Å². The van der Waals surface area contributed by atoms with Gasteiger partial charge in [0.1, 0.15) is 11.5 Å². The predicted molar refractivity (Wildman–Crippen MR) is 190 cm³/mol. The summed E-state index contributed by atoms with van der Waals surface area (Å²) < 4.78 is 6.76. The molecule has 45 heavy (non-hydrogen) atoms. The van der Waals surface area contributed by atoms with Gasteiger partial charge in [-0.2, -0.15) is 0 Å². The van der Waals surface area contributed by atoms with Crippen molar-refractivity contribution in [2.24, 2.45) is 0 Å². The van der Waals surface area contributed by atoms with E-state index < -0.39 is 0 Å². The Morgan fingerprint density at radius 1 is 0.289 bits per heavy atom. The Labute approximate surface area is 260 Å². The molecule has 1 heteroatoms. The average Bonchev–Trinajstić information content (AvgIpc) is 3.11. The first-order chi connectivity index (χ1) is 22.3. The summed E-state index contributed by atoms with van der Waals surface area (Å²) in [6, 6.07) is 57.2. The highest BCUT2D eigenvalue weighted by Crippen LogP contribution is 2.51. The first kappa shape index (κ1) is 24.5. The van der Waals surface area contributed by atoms with Gasteiger partial charge in [0, 0.05) is 10.9 Å². The van der Waals surface area contributed by atoms with Gasteiger partial charge in [-0.15, -0.1) is 0 Å². The zero-order chi connectivity index (χ0) is 29.5. The van der Waals surface area contributed by atoms with E-state index in [0.29, 0.717) is 0 Å². The molecule has 0 bridgehead atoms. The molecule has 0 aromatic heterocycles. The van der Waals surface area contributed by atoms with Crippen LogP contribution in [0.4, 0.5) is 0 Å². The summed E-state index contributed by atoms with van der Waals surface area (Å²) in [4.78, 5) is 0. The Balaban J connectivity index is 1.24. The molecule has 0 saturated heterocycles. The molecule has 0 aliphatic carbocycles. The second kappa shape index (κ2) is 9.29. The number of hydrogen-bond acceptors (Lipinski definition) is 1. The molecule has 0 atom stereocenters. The molecular formula is C44H26O. The maximum absolute atomic E-state index is 6.76. The summed E-state index contributed by atoms with van der Waals surface area (Å²) in [5, 5.41) is 12.5. The molecule has 0 saturated carbocycles. The van der Waals surface area contributed by atoms with E-state index in [4.69, 9.17) is 4.74 Å². The van der Waals surface area contributed by atoms with E-state index in [9.17, 15) is 0 Å². The quantitative estimate of drug-likeness (QED) is 0.188. The van der Waals surface area contributed by atoms with Crippen LogP contribution in [0.1, 0.15) is 0 Å². The van der Waals surface area contributed by atoms with E-state index in [0.717, 1.165) is 22.6 Å². The van der Waals surface area contributed by atoms with E-state index >= 15 is 0 Å². The zero-order valence-electron chi connectivity index (χ0n) is 24.4. The second-order valence-corrected chi connectivity index (χ2v) is 12.0. The van der Waals surface area contributed by atoms with Crippen LogP contribution >= 0.6 is 0 Å². The first-order valence-electron chi connectivity index (χ1n) is 15.5. The van der Waals surface area contributed by atoms with Crippen molar-refractivity contribution >= 4 is 53.9 Å². The SMILES string of the molecule is c1ccc(-c2cc3c4cccc5c4c(cc3c3ccccc23)-c2ccc(-c3cc4ccccc4c4ccccc34)cc2O5)cc1. The summed E-state index contributed by atoms with van der Waals surface area (Å²) in [6.45, 7) is 0. The second-order valence-electron chi connectivity index (χ2n) is 12.0. The largest absolute Gasteiger partial charge is 0.456 e. The summed E-state index contributed by atoms with van der Waals surface area (Å²) in [7, 11) is 0. The van der Waals surface area contributed by atoms with Gasteiger partial charge in [0.15, 0.2) is 0 Å². The lowest BCUT2D eigenvalue weighted by molar-refractivity contribution is 0.487. The van der Waals surface area contributed by atoms with E-state index in [1.807, 2.05) is 0 Å². The number of hydrogen-bond donors (Lipinski definition) is 0. The molecule has 0 fully saturated rings. The molecule has 10 rings (SSSR count). The van der Waals surface area contributed by atoms with Crippen LogP contribution in [0.5, 0.6) is 11.5 Å². The predicted octanol–water partition coefficient (Wildman–Crippen LogP) is 12.6. The van der Waals surface area contributed by atoms with Crippen molar-refractivity contribution in [2.75, 3.05) is 0 Å². The first-order valence-corrected chi connectivity index (χ1v) is 15.5. The molecule has 0 N–H and O–H groups in total. The summed E-state index contributed by atoms with van der Waals surface area (Å²) in [5.74, 6) is 1.81.